The van der Waals surface area contributed by atoms with E-state index in [0.29, 0.717) is 12.3 Å². The molecular formula is C11H16N4O5. The maximum atomic E-state index is 11.5. The third kappa shape index (κ3) is 5.04. The van der Waals surface area contributed by atoms with Crippen LogP contribution in [0.1, 0.15) is 26.2 Å². The molecule has 110 valence electrons. The number of urea groups is 1. The summed E-state index contributed by atoms with van der Waals surface area (Å²) in [5.74, 6) is -1.40. The van der Waals surface area contributed by atoms with Crippen LogP contribution in [0.2, 0.25) is 0 Å². The third-order valence-electron chi connectivity index (χ3n) is 2.47. The molecule has 0 fully saturated rings. The van der Waals surface area contributed by atoms with Crippen LogP contribution in [0.25, 0.3) is 0 Å². The molecule has 0 saturated carbocycles. The first-order chi connectivity index (χ1) is 9.31. The van der Waals surface area contributed by atoms with Crippen molar-refractivity contribution in [2.24, 2.45) is 5.41 Å². The Hall–Kier alpha value is -2.45. The van der Waals surface area contributed by atoms with Crippen LogP contribution in [0.15, 0.2) is 10.9 Å². The van der Waals surface area contributed by atoms with Crippen LogP contribution in [0.5, 0.6) is 0 Å². The number of nitrogens with one attached hydrogen (secondary N) is 2. The van der Waals surface area contributed by atoms with E-state index >= 15 is 0 Å². The first-order valence-corrected chi connectivity index (χ1v) is 5.88. The van der Waals surface area contributed by atoms with Gasteiger partial charge in [0.15, 0.2) is 6.33 Å². The van der Waals surface area contributed by atoms with Gasteiger partial charge in [0.05, 0.1) is 5.41 Å². The summed E-state index contributed by atoms with van der Waals surface area (Å²) in [5.41, 5.74) is -1.23. The highest BCUT2D eigenvalue weighted by Crippen LogP contribution is 2.19. The predicted octanol–water partition coefficient (Wildman–Crippen LogP) is -0.0612. The second-order valence-corrected chi connectivity index (χ2v) is 4.75. The van der Waals surface area contributed by atoms with Crippen molar-refractivity contribution in [2.75, 3.05) is 6.54 Å². The number of aliphatic carboxylic acids is 1. The lowest BCUT2D eigenvalue weighted by Crippen LogP contribution is -2.42. The summed E-state index contributed by atoms with van der Waals surface area (Å²) in [6, 6.07) is -0.698. The van der Waals surface area contributed by atoms with E-state index in [1.54, 1.807) is 0 Å². The molecule has 3 N–H and O–H groups in total. The summed E-state index contributed by atoms with van der Waals surface area (Å²) >= 11 is 0. The van der Waals surface area contributed by atoms with Gasteiger partial charge in [0.25, 0.3) is 0 Å². The normalized spacial score (nSPS) is 10.9. The average molecular weight is 284 g/mol. The second kappa shape index (κ2) is 6.64. The highest BCUT2D eigenvalue weighted by molar-refractivity contribution is 5.96. The fourth-order valence-electron chi connectivity index (χ4n) is 1.28. The number of carboxylic acids is 1. The van der Waals surface area contributed by atoms with E-state index in [-0.39, 0.29) is 13.0 Å². The van der Waals surface area contributed by atoms with Gasteiger partial charge in [0, 0.05) is 19.4 Å². The molecule has 0 spiro atoms. The fraction of sp³-hybridized carbons (Fsp3) is 0.545. The molecule has 9 heteroatoms. The largest absolute Gasteiger partial charge is 0.481 e. The lowest BCUT2D eigenvalue weighted by Gasteiger charge is -2.17. The predicted molar refractivity (Wildman–Crippen MR) is 65.6 cm³/mol. The molecule has 0 saturated heterocycles. The van der Waals surface area contributed by atoms with Crippen LogP contribution in [0.3, 0.4) is 0 Å². The molecule has 0 aromatic carbocycles. The standard InChI is InChI=1S/C11H16N4O5/c1-11(2,9(17)18)5-7(16)15-10(19)12-4-3-8-13-6-14-20-8/h6H,3-5H2,1-2H3,(H,17,18)(H2,12,15,16,19). The van der Waals surface area contributed by atoms with E-state index in [1.807, 2.05) is 0 Å². The Morgan fingerprint density at radius 3 is 2.65 bits per heavy atom. The Bertz CT molecular complexity index is 483. The van der Waals surface area contributed by atoms with E-state index in [4.69, 9.17) is 9.63 Å². The van der Waals surface area contributed by atoms with Gasteiger partial charge in [0.2, 0.25) is 11.8 Å². The SMILES string of the molecule is CC(C)(CC(=O)NC(=O)NCCc1ncno1)C(=O)O. The number of carbonyl (C=O) groups excluding carboxylic acids is 2. The van der Waals surface area contributed by atoms with Crippen molar-refractivity contribution in [2.45, 2.75) is 26.7 Å². The Kier molecular flexibility index (Phi) is 5.18. The molecule has 1 aromatic rings. The number of aromatic nitrogens is 2. The lowest BCUT2D eigenvalue weighted by atomic mass is 9.89. The molecule has 0 bridgehead atoms. The molecule has 20 heavy (non-hydrogen) atoms. The van der Waals surface area contributed by atoms with Crippen LogP contribution in [0, 0.1) is 5.41 Å². The third-order valence-corrected chi connectivity index (χ3v) is 2.47. The number of imide groups is 1. The summed E-state index contributed by atoms with van der Waals surface area (Å²) in [6.07, 6.45) is 1.29. The number of carbonyl (C=O) groups is 3. The summed E-state index contributed by atoms with van der Waals surface area (Å²) in [4.78, 5) is 37.5. The highest BCUT2D eigenvalue weighted by atomic mass is 16.5. The molecule has 0 unspecified atom stereocenters. The van der Waals surface area contributed by atoms with E-state index in [1.165, 1.54) is 20.2 Å². The maximum Gasteiger partial charge on any atom is 0.321 e. The topological polar surface area (TPSA) is 134 Å². The zero-order valence-corrected chi connectivity index (χ0v) is 11.2. The van der Waals surface area contributed by atoms with E-state index in [9.17, 15) is 14.4 Å². The number of nitrogens with zero attached hydrogens (tertiary/aromatic N) is 2. The van der Waals surface area contributed by atoms with E-state index in [2.05, 4.69) is 20.8 Å². The Balaban J connectivity index is 2.28. The Labute approximate surface area is 114 Å². The average Bonchev–Trinajstić information content (AvgIpc) is 2.80. The number of carboxylic acid groups (broad SMARTS) is 1. The van der Waals surface area contributed by atoms with E-state index in [0.717, 1.165) is 0 Å². The van der Waals surface area contributed by atoms with Gasteiger partial charge in [-0.2, -0.15) is 4.98 Å². The molecule has 1 heterocycles. The summed E-state index contributed by atoms with van der Waals surface area (Å²) < 4.78 is 4.72. The van der Waals surface area contributed by atoms with Crippen molar-refractivity contribution in [3.05, 3.63) is 12.2 Å². The zero-order chi connectivity index (χ0) is 15.2. The van der Waals surface area contributed by atoms with Gasteiger partial charge >= 0.3 is 12.0 Å². The first kappa shape index (κ1) is 15.6. The lowest BCUT2D eigenvalue weighted by molar-refractivity contribution is -0.149. The molecule has 0 atom stereocenters. The molecule has 1 rings (SSSR count). The van der Waals surface area contributed by atoms with Crippen LogP contribution in [-0.4, -0.2) is 39.7 Å². The van der Waals surface area contributed by atoms with Gasteiger partial charge in [-0.3, -0.25) is 14.9 Å². The molecular weight excluding hydrogens is 268 g/mol. The number of rotatable bonds is 6. The van der Waals surface area contributed by atoms with Crippen molar-refractivity contribution in [1.29, 1.82) is 0 Å². The highest BCUT2D eigenvalue weighted by Gasteiger charge is 2.30. The van der Waals surface area contributed by atoms with Gasteiger partial charge in [-0.15, -0.1) is 0 Å². The molecule has 0 aliphatic rings. The van der Waals surface area contributed by atoms with Crippen LogP contribution >= 0.6 is 0 Å². The van der Waals surface area contributed by atoms with Crippen LogP contribution in [0.4, 0.5) is 4.79 Å². The summed E-state index contributed by atoms with van der Waals surface area (Å²) in [5, 5.41) is 16.7. The smallest absolute Gasteiger partial charge is 0.321 e. The molecule has 0 aliphatic heterocycles. The molecule has 3 amide bonds. The minimum Gasteiger partial charge on any atom is -0.481 e. The van der Waals surface area contributed by atoms with Gasteiger partial charge in [-0.1, -0.05) is 5.16 Å². The first-order valence-electron chi connectivity index (χ1n) is 5.88. The van der Waals surface area contributed by atoms with Gasteiger partial charge in [-0.25, -0.2) is 4.79 Å². The minimum atomic E-state index is -1.23. The summed E-state index contributed by atoms with van der Waals surface area (Å²) in [6.45, 7) is 3.02. The van der Waals surface area contributed by atoms with Crippen molar-refractivity contribution in [3.63, 3.8) is 0 Å². The molecule has 0 aliphatic carbocycles. The van der Waals surface area contributed by atoms with Crippen molar-refractivity contribution < 1.29 is 24.0 Å². The number of hydrogen-bond donors (Lipinski definition) is 3. The minimum absolute atomic E-state index is 0.212. The van der Waals surface area contributed by atoms with Gasteiger partial charge in [-0.05, 0) is 13.8 Å². The van der Waals surface area contributed by atoms with Crippen molar-refractivity contribution >= 4 is 17.9 Å². The number of amides is 3. The van der Waals surface area contributed by atoms with E-state index < -0.39 is 23.3 Å². The van der Waals surface area contributed by atoms with Crippen LogP contribution in [-0.2, 0) is 16.0 Å². The quantitative estimate of drug-likeness (QED) is 0.666. The Morgan fingerprint density at radius 2 is 2.10 bits per heavy atom. The summed E-state index contributed by atoms with van der Waals surface area (Å²) in [7, 11) is 0. The fourth-order valence-corrected chi connectivity index (χ4v) is 1.28. The number of hydrogen-bond acceptors (Lipinski definition) is 6. The van der Waals surface area contributed by atoms with Crippen molar-refractivity contribution in [1.82, 2.24) is 20.8 Å². The van der Waals surface area contributed by atoms with Crippen LogP contribution < -0.4 is 10.6 Å². The molecule has 0 radical (unpaired) electrons. The maximum absolute atomic E-state index is 11.5. The van der Waals surface area contributed by atoms with Gasteiger partial charge in [0.1, 0.15) is 0 Å². The second-order valence-electron chi connectivity index (χ2n) is 4.75. The molecule has 9 nitrogen and oxygen atoms in total. The molecule has 1 aromatic heterocycles. The Morgan fingerprint density at radius 1 is 1.40 bits per heavy atom. The van der Waals surface area contributed by atoms with Crippen molar-refractivity contribution in [3.8, 4) is 0 Å². The van der Waals surface area contributed by atoms with Gasteiger partial charge < -0.3 is 14.9 Å². The zero-order valence-electron chi connectivity index (χ0n) is 11.2. The monoisotopic (exact) mass is 284 g/mol.